The molecule has 0 amide bonds. The van der Waals surface area contributed by atoms with Gasteiger partial charge in [-0.2, -0.15) is 0 Å². The molecule has 0 atom stereocenters. The molecule has 112 valence electrons. The highest BCUT2D eigenvalue weighted by molar-refractivity contribution is 5.85. The third-order valence-corrected chi connectivity index (χ3v) is 3.43. The number of hydrogen-bond acceptors (Lipinski definition) is 6. The molecule has 1 heterocycles. The van der Waals surface area contributed by atoms with Gasteiger partial charge in [-0.1, -0.05) is 12.1 Å². The molecule has 0 saturated carbocycles. The van der Waals surface area contributed by atoms with Gasteiger partial charge in [-0.3, -0.25) is 4.79 Å². The van der Waals surface area contributed by atoms with E-state index in [0.717, 1.165) is 12.1 Å². The van der Waals surface area contributed by atoms with Crippen LogP contribution in [0.25, 0.3) is 22.3 Å². The van der Waals surface area contributed by atoms with Crippen LogP contribution in [0.2, 0.25) is 0 Å². The van der Waals surface area contributed by atoms with E-state index in [9.17, 15) is 25.2 Å². The largest absolute Gasteiger partial charge is 0.507 e. The zero-order valence-corrected chi connectivity index (χ0v) is 11.5. The second-order valence-corrected chi connectivity index (χ2v) is 4.92. The molecule has 0 unspecified atom stereocenters. The Morgan fingerprint density at radius 2 is 1.64 bits per heavy atom. The van der Waals surface area contributed by atoms with Crippen molar-refractivity contribution in [3.8, 4) is 34.3 Å². The summed E-state index contributed by atoms with van der Waals surface area (Å²) in [6.45, 7) is 1.74. The van der Waals surface area contributed by atoms with E-state index in [1.807, 2.05) is 0 Å². The van der Waals surface area contributed by atoms with Crippen molar-refractivity contribution in [1.82, 2.24) is 0 Å². The molecule has 3 rings (SSSR count). The molecule has 6 heteroatoms. The number of rotatable bonds is 1. The molecule has 0 bridgehead atoms. The van der Waals surface area contributed by atoms with Gasteiger partial charge in [0.25, 0.3) is 0 Å². The Morgan fingerprint density at radius 1 is 0.955 bits per heavy atom. The first-order chi connectivity index (χ1) is 10.4. The summed E-state index contributed by atoms with van der Waals surface area (Å²) in [6, 6.07) is 6.82. The third-order valence-electron chi connectivity index (χ3n) is 3.43. The Hall–Kier alpha value is -3.15. The molecule has 1 aromatic heterocycles. The fourth-order valence-corrected chi connectivity index (χ4v) is 2.28. The molecule has 0 aliphatic rings. The summed E-state index contributed by atoms with van der Waals surface area (Å²) in [5, 5.41) is 39.1. The molecular weight excluding hydrogens is 288 g/mol. The van der Waals surface area contributed by atoms with Crippen LogP contribution in [0.3, 0.4) is 0 Å². The number of hydrogen-bond donors (Lipinski definition) is 4. The van der Waals surface area contributed by atoms with Crippen LogP contribution in [0.15, 0.2) is 39.5 Å². The lowest BCUT2D eigenvalue weighted by Gasteiger charge is -2.10. The molecule has 0 spiro atoms. The zero-order valence-electron chi connectivity index (χ0n) is 11.5. The van der Waals surface area contributed by atoms with E-state index in [4.69, 9.17) is 4.42 Å². The highest BCUT2D eigenvalue weighted by atomic mass is 16.4. The second kappa shape index (κ2) is 4.70. The van der Waals surface area contributed by atoms with Crippen LogP contribution in [0, 0.1) is 6.92 Å². The van der Waals surface area contributed by atoms with E-state index in [1.54, 1.807) is 19.1 Å². The van der Waals surface area contributed by atoms with Crippen molar-refractivity contribution in [3.63, 3.8) is 0 Å². The van der Waals surface area contributed by atoms with E-state index in [1.165, 1.54) is 6.07 Å². The Labute approximate surface area is 124 Å². The first-order valence-electron chi connectivity index (χ1n) is 6.41. The summed E-state index contributed by atoms with van der Waals surface area (Å²) >= 11 is 0. The predicted molar refractivity (Wildman–Crippen MR) is 79.3 cm³/mol. The number of benzene rings is 2. The van der Waals surface area contributed by atoms with Crippen molar-refractivity contribution < 1.29 is 24.8 Å². The van der Waals surface area contributed by atoms with Crippen LogP contribution in [0.5, 0.6) is 23.0 Å². The summed E-state index contributed by atoms with van der Waals surface area (Å²) < 4.78 is 5.56. The topological polar surface area (TPSA) is 111 Å². The maximum atomic E-state index is 12.2. The van der Waals surface area contributed by atoms with Crippen LogP contribution >= 0.6 is 0 Å². The Balaban J connectivity index is 2.42. The van der Waals surface area contributed by atoms with Gasteiger partial charge in [-0.15, -0.1) is 0 Å². The molecule has 0 aliphatic heterocycles. The zero-order chi connectivity index (χ0) is 16.0. The maximum Gasteiger partial charge on any atom is 0.235 e. The number of phenolic OH excluding ortho intramolecular Hbond substituents is 3. The minimum Gasteiger partial charge on any atom is -0.507 e. The molecule has 0 saturated heterocycles. The van der Waals surface area contributed by atoms with Gasteiger partial charge in [0.05, 0.1) is 10.9 Å². The second-order valence-electron chi connectivity index (χ2n) is 4.92. The van der Waals surface area contributed by atoms with E-state index in [-0.39, 0.29) is 22.3 Å². The van der Waals surface area contributed by atoms with Gasteiger partial charge in [-0.25, -0.2) is 0 Å². The van der Waals surface area contributed by atoms with Gasteiger partial charge in [0, 0.05) is 6.07 Å². The van der Waals surface area contributed by atoms with Gasteiger partial charge >= 0.3 is 0 Å². The molecular formula is C16H12O6. The Morgan fingerprint density at radius 3 is 2.36 bits per heavy atom. The minimum atomic E-state index is -0.682. The first-order valence-corrected chi connectivity index (χ1v) is 6.41. The fraction of sp³-hybridized carbons (Fsp3) is 0.0625. The highest BCUT2D eigenvalue weighted by Crippen LogP contribution is 2.41. The quantitative estimate of drug-likeness (QED) is 0.406. The smallest absolute Gasteiger partial charge is 0.235 e. The van der Waals surface area contributed by atoms with Gasteiger partial charge in [0.1, 0.15) is 11.3 Å². The normalized spacial score (nSPS) is 11.0. The number of aromatic hydroxyl groups is 4. The number of aryl methyl sites for hydroxylation is 1. The highest BCUT2D eigenvalue weighted by Gasteiger charge is 2.20. The summed E-state index contributed by atoms with van der Waals surface area (Å²) in [5.41, 5.74) is 0.201. The average Bonchev–Trinajstić information content (AvgIpc) is 2.48. The van der Waals surface area contributed by atoms with E-state index < -0.39 is 28.4 Å². The van der Waals surface area contributed by atoms with Crippen LogP contribution in [-0.2, 0) is 0 Å². The monoisotopic (exact) mass is 300 g/mol. The van der Waals surface area contributed by atoms with Crippen LogP contribution in [-0.4, -0.2) is 20.4 Å². The van der Waals surface area contributed by atoms with Crippen LogP contribution in [0.1, 0.15) is 5.56 Å². The van der Waals surface area contributed by atoms with Crippen molar-refractivity contribution in [3.05, 3.63) is 46.1 Å². The number of para-hydroxylation sites is 1. The van der Waals surface area contributed by atoms with Gasteiger partial charge in [0.15, 0.2) is 17.3 Å². The minimum absolute atomic E-state index is 0.102. The molecule has 3 aromatic rings. The Kier molecular flexibility index (Phi) is 2.95. The predicted octanol–water partition coefficient (Wildman–Crippen LogP) is 2.59. The standard InChI is InChI=1S/C16H12O6/c1-7-3-2-4-8-13(20)14(21)16(22-15(7)8)9-5-11(18)12(19)6-10(9)17/h2-6,17-19,21H,1H3. The van der Waals surface area contributed by atoms with Crippen molar-refractivity contribution >= 4 is 11.0 Å². The molecule has 0 fully saturated rings. The number of fused-ring (bicyclic) bond motifs is 1. The molecule has 4 N–H and O–H groups in total. The summed E-state index contributed by atoms with van der Waals surface area (Å²) in [7, 11) is 0. The fourth-order valence-electron chi connectivity index (χ4n) is 2.28. The van der Waals surface area contributed by atoms with Gasteiger partial charge in [-0.05, 0) is 24.6 Å². The van der Waals surface area contributed by atoms with Gasteiger partial charge in [0.2, 0.25) is 11.2 Å². The van der Waals surface area contributed by atoms with Crippen molar-refractivity contribution in [1.29, 1.82) is 0 Å². The lowest BCUT2D eigenvalue weighted by molar-refractivity contribution is 0.395. The van der Waals surface area contributed by atoms with Gasteiger partial charge < -0.3 is 24.8 Å². The summed E-state index contributed by atoms with van der Waals surface area (Å²) in [5.74, 6) is -2.44. The summed E-state index contributed by atoms with van der Waals surface area (Å²) in [4.78, 5) is 12.2. The lowest BCUT2D eigenvalue weighted by Crippen LogP contribution is -2.03. The molecule has 2 aromatic carbocycles. The first kappa shape index (κ1) is 13.8. The van der Waals surface area contributed by atoms with Crippen LogP contribution in [0.4, 0.5) is 0 Å². The molecule has 22 heavy (non-hydrogen) atoms. The number of phenols is 3. The maximum absolute atomic E-state index is 12.2. The van der Waals surface area contributed by atoms with E-state index in [2.05, 4.69) is 0 Å². The summed E-state index contributed by atoms with van der Waals surface area (Å²) in [6.07, 6.45) is 0. The SMILES string of the molecule is Cc1cccc2c(=O)c(O)c(-c3cc(O)c(O)cc3O)oc12. The third kappa shape index (κ3) is 1.93. The van der Waals surface area contributed by atoms with Crippen molar-refractivity contribution in [2.75, 3.05) is 0 Å². The van der Waals surface area contributed by atoms with E-state index in [0.29, 0.717) is 5.56 Å². The molecule has 0 aliphatic carbocycles. The van der Waals surface area contributed by atoms with Crippen LogP contribution < -0.4 is 5.43 Å². The van der Waals surface area contributed by atoms with Crippen molar-refractivity contribution in [2.45, 2.75) is 6.92 Å². The van der Waals surface area contributed by atoms with E-state index >= 15 is 0 Å². The lowest BCUT2D eigenvalue weighted by atomic mass is 10.1. The molecule has 6 nitrogen and oxygen atoms in total. The van der Waals surface area contributed by atoms with Crippen molar-refractivity contribution in [2.24, 2.45) is 0 Å². The molecule has 0 radical (unpaired) electrons. The Bertz CT molecular complexity index is 955. The average molecular weight is 300 g/mol.